The molecule has 1 aliphatic rings. The van der Waals surface area contributed by atoms with Gasteiger partial charge in [-0.25, -0.2) is 9.97 Å². The van der Waals surface area contributed by atoms with Gasteiger partial charge in [0, 0.05) is 6.61 Å². The van der Waals surface area contributed by atoms with E-state index in [-0.39, 0.29) is 24.7 Å². The third-order valence-electron chi connectivity index (χ3n) is 7.59. The van der Waals surface area contributed by atoms with Crippen molar-refractivity contribution >= 4 is 39.0 Å². The topological polar surface area (TPSA) is 122 Å². The predicted octanol–water partition coefficient (Wildman–Crippen LogP) is 6.68. The van der Waals surface area contributed by atoms with Crippen LogP contribution >= 0.6 is 11.3 Å². The molecule has 6 rings (SSSR count). The fourth-order valence-electron chi connectivity index (χ4n) is 5.60. The van der Waals surface area contributed by atoms with Crippen LogP contribution in [0.25, 0.3) is 20.8 Å². The van der Waals surface area contributed by atoms with E-state index in [0.29, 0.717) is 37.0 Å². The number of anilines is 3. The Balaban J connectivity index is 1.35. The summed E-state index contributed by atoms with van der Waals surface area (Å²) in [4.78, 5) is 14.8. The molecule has 2 aromatic heterocycles. The molecule has 1 saturated carbocycles. The fourth-order valence-corrected chi connectivity index (χ4v) is 6.66. The van der Waals surface area contributed by atoms with Gasteiger partial charge in [0.15, 0.2) is 5.79 Å². The van der Waals surface area contributed by atoms with Gasteiger partial charge in [-0.05, 0) is 69.4 Å². The molecule has 0 amide bonds. The van der Waals surface area contributed by atoms with Gasteiger partial charge in [0.25, 0.3) is 0 Å². The standard InChI is InChI=1S/C34H37N5O4S/c1-21-30(32-37-25-14-8-10-16-29(25)44-32)31(36-26-17-23(19-40)18-28(26)43-34(2,3)41)39-33(35-21)38-24-13-7-9-15-27(24)42-20-22-11-5-4-6-12-22/h4-16,23,26,28,40-41H,17-20H2,1-3H3,(H2,35,36,38,39)/t23-,26?,28+/m0/s1. The van der Waals surface area contributed by atoms with Crippen molar-refractivity contribution in [2.75, 3.05) is 17.2 Å². The second kappa shape index (κ2) is 12.9. The molecule has 10 heteroatoms. The number of aliphatic hydroxyl groups is 2. The van der Waals surface area contributed by atoms with Gasteiger partial charge in [0.05, 0.1) is 39.3 Å². The number of fused-ring (bicyclic) bond motifs is 1. The van der Waals surface area contributed by atoms with Crippen LogP contribution in [0.3, 0.4) is 0 Å². The number of thiazole rings is 1. The number of aliphatic hydroxyl groups excluding tert-OH is 1. The van der Waals surface area contributed by atoms with Gasteiger partial charge in [0.2, 0.25) is 5.95 Å². The number of hydrogen-bond acceptors (Lipinski definition) is 10. The van der Waals surface area contributed by atoms with Gasteiger partial charge in [-0.2, -0.15) is 4.98 Å². The zero-order valence-corrected chi connectivity index (χ0v) is 25.8. The maximum absolute atomic E-state index is 10.5. The van der Waals surface area contributed by atoms with E-state index in [1.165, 1.54) is 0 Å². The Morgan fingerprint density at radius 1 is 0.932 bits per heavy atom. The number of ether oxygens (including phenoxy) is 2. The second-order valence-electron chi connectivity index (χ2n) is 11.6. The number of aryl methyl sites for hydroxylation is 1. The second-order valence-corrected chi connectivity index (χ2v) is 12.6. The summed E-state index contributed by atoms with van der Waals surface area (Å²) in [5.74, 6) is 0.419. The molecule has 0 saturated heterocycles. The van der Waals surface area contributed by atoms with Crippen molar-refractivity contribution < 1.29 is 19.7 Å². The minimum Gasteiger partial charge on any atom is -0.487 e. The molecule has 44 heavy (non-hydrogen) atoms. The van der Waals surface area contributed by atoms with E-state index in [1.807, 2.05) is 79.7 Å². The molecule has 9 nitrogen and oxygen atoms in total. The summed E-state index contributed by atoms with van der Waals surface area (Å²) in [6, 6.07) is 25.6. The van der Waals surface area contributed by atoms with E-state index in [0.717, 1.165) is 37.7 Å². The van der Waals surface area contributed by atoms with Crippen LogP contribution in [0.15, 0.2) is 78.9 Å². The molecule has 228 valence electrons. The lowest BCUT2D eigenvalue weighted by Crippen LogP contribution is -2.38. The lowest BCUT2D eigenvalue weighted by molar-refractivity contribution is -0.205. The maximum atomic E-state index is 10.5. The van der Waals surface area contributed by atoms with Gasteiger partial charge in [0.1, 0.15) is 23.2 Å². The van der Waals surface area contributed by atoms with Gasteiger partial charge in [-0.3, -0.25) is 0 Å². The largest absolute Gasteiger partial charge is 0.487 e. The predicted molar refractivity (Wildman–Crippen MR) is 174 cm³/mol. The first kappa shape index (κ1) is 30.0. The van der Waals surface area contributed by atoms with Crippen molar-refractivity contribution in [1.29, 1.82) is 0 Å². The van der Waals surface area contributed by atoms with Crippen molar-refractivity contribution in [1.82, 2.24) is 15.0 Å². The molecule has 4 N–H and O–H groups in total. The van der Waals surface area contributed by atoms with E-state index >= 15 is 0 Å². The van der Waals surface area contributed by atoms with Crippen LogP contribution in [0, 0.1) is 12.8 Å². The van der Waals surface area contributed by atoms with Gasteiger partial charge < -0.3 is 30.3 Å². The van der Waals surface area contributed by atoms with Crippen LogP contribution < -0.4 is 15.4 Å². The molecule has 0 bridgehead atoms. The number of para-hydroxylation sites is 3. The molecule has 0 spiro atoms. The molecule has 1 unspecified atom stereocenters. The maximum Gasteiger partial charge on any atom is 0.229 e. The van der Waals surface area contributed by atoms with Crippen molar-refractivity contribution in [2.45, 2.75) is 58.2 Å². The molecule has 1 fully saturated rings. The molecule has 0 aliphatic heterocycles. The number of nitrogens with one attached hydrogen (secondary N) is 2. The minimum atomic E-state index is -1.32. The lowest BCUT2D eigenvalue weighted by atomic mass is 10.1. The van der Waals surface area contributed by atoms with Crippen LogP contribution in [-0.4, -0.2) is 49.7 Å². The summed E-state index contributed by atoms with van der Waals surface area (Å²) in [6.45, 7) is 5.67. The number of aromatic nitrogens is 3. The number of nitrogens with zero attached hydrogens (tertiary/aromatic N) is 3. The molecule has 2 heterocycles. The molecule has 1 aliphatic carbocycles. The average molecular weight is 612 g/mol. The van der Waals surface area contributed by atoms with Crippen LogP contribution in [-0.2, 0) is 11.3 Å². The monoisotopic (exact) mass is 611 g/mol. The zero-order chi connectivity index (χ0) is 30.7. The summed E-state index contributed by atoms with van der Waals surface area (Å²) < 4.78 is 13.3. The average Bonchev–Trinajstić information content (AvgIpc) is 3.59. The van der Waals surface area contributed by atoms with Gasteiger partial charge in [-0.1, -0.05) is 54.6 Å². The number of rotatable bonds is 11. The van der Waals surface area contributed by atoms with Crippen molar-refractivity contribution in [3.05, 3.63) is 90.1 Å². The van der Waals surface area contributed by atoms with Crippen LogP contribution in [0.4, 0.5) is 17.5 Å². The third-order valence-corrected chi connectivity index (χ3v) is 8.64. The van der Waals surface area contributed by atoms with Gasteiger partial charge >= 0.3 is 0 Å². The molecule has 3 atom stereocenters. The Bertz CT molecular complexity index is 1690. The molecular weight excluding hydrogens is 574 g/mol. The summed E-state index contributed by atoms with van der Waals surface area (Å²) in [6.07, 6.45) is 0.961. The van der Waals surface area contributed by atoms with Crippen LogP contribution in [0.1, 0.15) is 37.9 Å². The Hall–Kier alpha value is -4.09. The first-order valence-electron chi connectivity index (χ1n) is 14.8. The minimum absolute atomic E-state index is 0.0416. The smallest absolute Gasteiger partial charge is 0.229 e. The van der Waals surface area contributed by atoms with E-state index < -0.39 is 5.79 Å². The molecule has 0 radical (unpaired) electrons. The Morgan fingerprint density at radius 3 is 2.45 bits per heavy atom. The van der Waals surface area contributed by atoms with Crippen molar-refractivity contribution in [3.63, 3.8) is 0 Å². The van der Waals surface area contributed by atoms with Crippen LogP contribution in [0.2, 0.25) is 0 Å². The summed E-state index contributed by atoms with van der Waals surface area (Å²) in [7, 11) is 0. The highest BCUT2D eigenvalue weighted by molar-refractivity contribution is 7.21. The Kier molecular flexibility index (Phi) is 8.76. The SMILES string of the molecule is Cc1nc(Nc2ccccc2OCc2ccccc2)nc(NC2C[C@H](CO)C[C@H]2OC(C)(C)O)c1-c1nc2ccccc2s1. The highest BCUT2D eigenvalue weighted by atomic mass is 32.1. The molecular formula is C34H37N5O4S. The fraction of sp³-hybridized carbons (Fsp3) is 0.324. The van der Waals surface area contributed by atoms with E-state index in [1.54, 1.807) is 25.2 Å². The first-order valence-corrected chi connectivity index (χ1v) is 15.6. The summed E-state index contributed by atoms with van der Waals surface area (Å²) in [5, 5.41) is 28.2. The first-order chi connectivity index (χ1) is 21.3. The molecule has 5 aromatic rings. The van der Waals surface area contributed by atoms with Crippen LogP contribution in [0.5, 0.6) is 5.75 Å². The van der Waals surface area contributed by atoms with Crippen molar-refractivity contribution in [2.24, 2.45) is 5.92 Å². The normalized spacial score (nSPS) is 18.4. The number of benzene rings is 3. The quantitative estimate of drug-likeness (QED) is 0.121. The summed E-state index contributed by atoms with van der Waals surface area (Å²) >= 11 is 1.59. The highest BCUT2D eigenvalue weighted by Gasteiger charge is 2.38. The van der Waals surface area contributed by atoms with Crippen molar-refractivity contribution in [3.8, 4) is 16.3 Å². The van der Waals surface area contributed by atoms with E-state index in [4.69, 9.17) is 24.4 Å². The molecule has 3 aromatic carbocycles. The van der Waals surface area contributed by atoms with E-state index in [9.17, 15) is 10.2 Å². The number of hydrogen-bond donors (Lipinski definition) is 4. The van der Waals surface area contributed by atoms with E-state index in [2.05, 4.69) is 16.7 Å². The third kappa shape index (κ3) is 7.00. The Morgan fingerprint density at radius 2 is 1.68 bits per heavy atom. The Labute approximate surface area is 261 Å². The zero-order valence-electron chi connectivity index (χ0n) is 25.0. The lowest BCUT2D eigenvalue weighted by Gasteiger charge is -2.29. The highest BCUT2D eigenvalue weighted by Crippen LogP contribution is 2.39. The summed E-state index contributed by atoms with van der Waals surface area (Å²) in [5.41, 5.74) is 4.28. The van der Waals surface area contributed by atoms with Gasteiger partial charge in [-0.15, -0.1) is 11.3 Å².